The number of carbonyl (C=O) groups is 1. The highest BCUT2D eigenvalue weighted by Crippen LogP contribution is 2.34. The number of hydrogen-bond acceptors (Lipinski definition) is 4. The highest BCUT2D eigenvalue weighted by Gasteiger charge is 2.45. The lowest BCUT2D eigenvalue weighted by atomic mass is 9.99. The van der Waals surface area contributed by atoms with E-state index in [1.54, 1.807) is 12.3 Å². The van der Waals surface area contributed by atoms with E-state index in [-0.39, 0.29) is 5.91 Å². The zero-order valence-corrected chi connectivity index (χ0v) is 13.9. The van der Waals surface area contributed by atoms with Crippen LogP contribution in [0.1, 0.15) is 41.8 Å². The molecule has 0 bridgehead atoms. The van der Waals surface area contributed by atoms with Gasteiger partial charge in [-0.25, -0.2) is 0 Å². The maximum absolute atomic E-state index is 12.8. The quantitative estimate of drug-likeness (QED) is 0.858. The summed E-state index contributed by atoms with van der Waals surface area (Å²) in [7, 11) is 0. The van der Waals surface area contributed by atoms with Gasteiger partial charge in [0, 0.05) is 44.9 Å². The van der Waals surface area contributed by atoms with E-state index in [9.17, 15) is 4.79 Å². The summed E-state index contributed by atoms with van der Waals surface area (Å²) in [5, 5.41) is 0. The number of fused-ring (bicyclic) bond motifs is 1. The van der Waals surface area contributed by atoms with Crippen LogP contribution in [0, 0.1) is 12.8 Å². The molecule has 4 heterocycles. The molecule has 1 aromatic heterocycles. The largest absolute Gasteiger partial charge is 0.469 e. The minimum absolute atomic E-state index is 0.150. The average Bonchev–Trinajstić information content (AvgIpc) is 3.25. The van der Waals surface area contributed by atoms with Gasteiger partial charge < -0.3 is 14.1 Å². The minimum atomic E-state index is 0.150. The highest BCUT2D eigenvalue weighted by molar-refractivity contribution is 5.95. The predicted molar refractivity (Wildman–Crippen MR) is 86.4 cm³/mol. The first-order valence-electron chi connectivity index (χ1n) is 8.91. The van der Waals surface area contributed by atoms with Crippen LogP contribution in [-0.4, -0.2) is 60.6 Å². The highest BCUT2D eigenvalue weighted by atomic mass is 16.5. The fourth-order valence-electron chi connectivity index (χ4n) is 4.58. The van der Waals surface area contributed by atoms with Gasteiger partial charge in [-0.05, 0) is 44.6 Å². The van der Waals surface area contributed by atoms with Crippen LogP contribution in [0.25, 0.3) is 0 Å². The van der Waals surface area contributed by atoms with Crippen LogP contribution in [0.5, 0.6) is 0 Å². The maximum Gasteiger partial charge on any atom is 0.257 e. The van der Waals surface area contributed by atoms with Gasteiger partial charge in [0.05, 0.1) is 11.8 Å². The first-order valence-corrected chi connectivity index (χ1v) is 8.91. The number of ether oxygens (including phenoxy) is 1. The zero-order valence-electron chi connectivity index (χ0n) is 13.9. The molecular formula is C18H26N2O3. The summed E-state index contributed by atoms with van der Waals surface area (Å²) in [5.74, 6) is 1.65. The summed E-state index contributed by atoms with van der Waals surface area (Å²) < 4.78 is 10.8. The summed E-state index contributed by atoms with van der Waals surface area (Å²) in [6.45, 7) is 6.88. The van der Waals surface area contributed by atoms with Gasteiger partial charge in [0.25, 0.3) is 5.91 Å². The van der Waals surface area contributed by atoms with Crippen molar-refractivity contribution in [1.29, 1.82) is 0 Å². The van der Waals surface area contributed by atoms with Crippen molar-refractivity contribution in [2.45, 2.75) is 44.7 Å². The van der Waals surface area contributed by atoms with Gasteiger partial charge in [-0.3, -0.25) is 9.69 Å². The van der Waals surface area contributed by atoms with Crippen LogP contribution >= 0.6 is 0 Å². The van der Waals surface area contributed by atoms with Gasteiger partial charge >= 0.3 is 0 Å². The Bertz CT molecular complexity index is 564. The van der Waals surface area contributed by atoms with Gasteiger partial charge in [-0.15, -0.1) is 0 Å². The number of aryl methyl sites for hydroxylation is 1. The Kier molecular flexibility index (Phi) is 4.16. The third kappa shape index (κ3) is 2.81. The molecule has 0 aromatic carbocycles. The van der Waals surface area contributed by atoms with Gasteiger partial charge in [0.1, 0.15) is 5.76 Å². The molecule has 3 aliphatic rings. The van der Waals surface area contributed by atoms with Crippen molar-refractivity contribution in [3.05, 3.63) is 23.7 Å². The van der Waals surface area contributed by atoms with Crippen LogP contribution in [0.4, 0.5) is 0 Å². The van der Waals surface area contributed by atoms with E-state index in [2.05, 4.69) is 9.80 Å². The molecular weight excluding hydrogens is 292 g/mol. The summed E-state index contributed by atoms with van der Waals surface area (Å²) in [5.41, 5.74) is 0.730. The second kappa shape index (κ2) is 6.29. The van der Waals surface area contributed by atoms with Crippen molar-refractivity contribution < 1.29 is 13.9 Å². The molecule has 3 aliphatic heterocycles. The first-order chi connectivity index (χ1) is 11.2. The van der Waals surface area contributed by atoms with E-state index < -0.39 is 0 Å². The molecule has 1 amide bonds. The van der Waals surface area contributed by atoms with Gasteiger partial charge in [-0.1, -0.05) is 0 Å². The number of likely N-dealkylation sites (tertiary alicyclic amines) is 2. The van der Waals surface area contributed by atoms with Crippen molar-refractivity contribution >= 4 is 5.91 Å². The van der Waals surface area contributed by atoms with E-state index in [0.29, 0.717) is 12.1 Å². The molecule has 0 radical (unpaired) electrons. The molecule has 5 nitrogen and oxygen atoms in total. The fourth-order valence-corrected chi connectivity index (χ4v) is 4.58. The molecule has 0 saturated carbocycles. The standard InChI is InChI=1S/C18H26N2O3/c1-13-15(6-11-23-13)18(21)20-8-3-16-17(20)2-7-19(16)12-14-4-9-22-10-5-14/h6,11,14,16-17H,2-5,7-10,12H2,1H3/t16-,17-/m0/s1. The lowest BCUT2D eigenvalue weighted by Gasteiger charge is -2.30. The van der Waals surface area contributed by atoms with E-state index in [0.717, 1.165) is 56.4 Å². The first kappa shape index (κ1) is 15.2. The summed E-state index contributed by atoms with van der Waals surface area (Å²) in [4.78, 5) is 17.5. The molecule has 23 heavy (non-hydrogen) atoms. The number of carbonyl (C=O) groups excluding carboxylic acids is 1. The third-order valence-electron chi connectivity index (χ3n) is 5.88. The van der Waals surface area contributed by atoms with E-state index in [4.69, 9.17) is 9.15 Å². The third-order valence-corrected chi connectivity index (χ3v) is 5.88. The topological polar surface area (TPSA) is 45.9 Å². The van der Waals surface area contributed by atoms with Crippen LogP contribution in [0.3, 0.4) is 0 Å². The Labute approximate surface area is 137 Å². The molecule has 0 spiro atoms. The SMILES string of the molecule is Cc1occc1C(=O)N1CC[C@H]2[C@@H]1CCN2CC1CCOCC1. The Balaban J connectivity index is 1.41. The van der Waals surface area contributed by atoms with Crippen molar-refractivity contribution in [3.8, 4) is 0 Å². The normalized spacial score (nSPS) is 29.2. The molecule has 5 heteroatoms. The second-order valence-corrected chi connectivity index (χ2v) is 7.15. The van der Waals surface area contributed by atoms with Crippen LogP contribution in [0.2, 0.25) is 0 Å². The smallest absolute Gasteiger partial charge is 0.257 e. The average molecular weight is 318 g/mol. The Hall–Kier alpha value is -1.33. The van der Waals surface area contributed by atoms with Crippen molar-refractivity contribution in [3.63, 3.8) is 0 Å². The molecule has 0 N–H and O–H groups in total. The predicted octanol–water partition coefficient (Wildman–Crippen LogP) is 2.30. The molecule has 3 saturated heterocycles. The molecule has 1 aromatic rings. The maximum atomic E-state index is 12.8. The Morgan fingerprint density at radius 2 is 1.96 bits per heavy atom. The number of amides is 1. The minimum Gasteiger partial charge on any atom is -0.469 e. The fraction of sp³-hybridized carbons (Fsp3) is 0.722. The van der Waals surface area contributed by atoms with Gasteiger partial charge in [-0.2, -0.15) is 0 Å². The summed E-state index contributed by atoms with van der Waals surface area (Å²) in [6.07, 6.45) is 6.20. The van der Waals surface area contributed by atoms with E-state index in [1.165, 1.54) is 19.4 Å². The molecule has 0 unspecified atom stereocenters. The Morgan fingerprint density at radius 1 is 1.17 bits per heavy atom. The second-order valence-electron chi connectivity index (χ2n) is 7.15. The van der Waals surface area contributed by atoms with Crippen LogP contribution in [0.15, 0.2) is 16.7 Å². The van der Waals surface area contributed by atoms with Crippen molar-refractivity contribution in [2.24, 2.45) is 5.92 Å². The number of rotatable bonds is 3. The van der Waals surface area contributed by atoms with E-state index in [1.807, 2.05) is 6.92 Å². The summed E-state index contributed by atoms with van der Waals surface area (Å²) >= 11 is 0. The van der Waals surface area contributed by atoms with Crippen LogP contribution in [-0.2, 0) is 4.74 Å². The van der Waals surface area contributed by atoms with Crippen molar-refractivity contribution in [1.82, 2.24) is 9.80 Å². The van der Waals surface area contributed by atoms with Gasteiger partial charge in [0.2, 0.25) is 0 Å². The monoisotopic (exact) mass is 318 g/mol. The summed E-state index contributed by atoms with van der Waals surface area (Å²) in [6, 6.07) is 2.74. The lowest BCUT2D eigenvalue weighted by molar-refractivity contribution is 0.0502. The number of nitrogens with zero attached hydrogens (tertiary/aromatic N) is 2. The lowest BCUT2D eigenvalue weighted by Crippen LogP contribution is -2.41. The Morgan fingerprint density at radius 3 is 2.70 bits per heavy atom. The molecule has 4 rings (SSSR count). The molecule has 2 atom stereocenters. The van der Waals surface area contributed by atoms with Gasteiger partial charge in [0.15, 0.2) is 0 Å². The number of hydrogen-bond donors (Lipinski definition) is 0. The van der Waals surface area contributed by atoms with Crippen LogP contribution < -0.4 is 0 Å². The van der Waals surface area contributed by atoms with Crippen molar-refractivity contribution in [2.75, 3.05) is 32.8 Å². The molecule has 126 valence electrons. The molecule has 0 aliphatic carbocycles. The molecule has 3 fully saturated rings. The number of furan rings is 1. The van der Waals surface area contributed by atoms with E-state index >= 15 is 0 Å². The zero-order chi connectivity index (χ0) is 15.8.